The molecule has 0 saturated heterocycles. The Labute approximate surface area is 368 Å². The van der Waals surface area contributed by atoms with Gasteiger partial charge < -0.3 is 20.3 Å². The number of ether oxygens (including phenoxy) is 1. The van der Waals surface area contributed by atoms with Crippen LogP contribution >= 0.6 is 0 Å². The summed E-state index contributed by atoms with van der Waals surface area (Å²) < 4.78 is 5.47. The Morgan fingerprint density at radius 3 is 1.03 bits per heavy atom. The van der Waals surface area contributed by atoms with Crippen LogP contribution in [-0.4, -0.2) is 47.4 Å². The van der Waals surface area contributed by atoms with Gasteiger partial charge in [-0.05, 0) is 25.7 Å². The SMILES string of the molecule is CCCCCCCCCCCCCCCCC(=O)OCCCCCCCCCCCCCCCCCCCCC(=O)NC(CO)C(O)CCCCCCCCCCCC. The van der Waals surface area contributed by atoms with Crippen LogP contribution in [0.1, 0.15) is 303 Å². The monoisotopic (exact) mass is 836 g/mol. The maximum Gasteiger partial charge on any atom is 0.305 e. The van der Waals surface area contributed by atoms with E-state index in [-0.39, 0.29) is 18.5 Å². The van der Waals surface area contributed by atoms with Crippen molar-refractivity contribution in [3.8, 4) is 0 Å². The van der Waals surface area contributed by atoms with Crippen molar-refractivity contribution >= 4 is 11.9 Å². The minimum absolute atomic E-state index is 0.00995. The number of hydrogen-bond donors (Lipinski definition) is 3. The number of unbranched alkanes of at least 4 members (excludes halogenated alkanes) is 39. The van der Waals surface area contributed by atoms with E-state index in [2.05, 4.69) is 19.2 Å². The van der Waals surface area contributed by atoms with Crippen LogP contribution in [0.2, 0.25) is 0 Å². The first kappa shape index (κ1) is 57.9. The van der Waals surface area contributed by atoms with Crippen molar-refractivity contribution in [2.45, 2.75) is 315 Å². The normalized spacial score (nSPS) is 12.5. The fourth-order valence-corrected chi connectivity index (χ4v) is 8.52. The van der Waals surface area contributed by atoms with Gasteiger partial charge in [-0.1, -0.05) is 264 Å². The summed E-state index contributed by atoms with van der Waals surface area (Å²) in [6.07, 6.45) is 55.1. The summed E-state index contributed by atoms with van der Waals surface area (Å²) in [7, 11) is 0. The highest BCUT2D eigenvalue weighted by Crippen LogP contribution is 2.17. The lowest BCUT2D eigenvalue weighted by Crippen LogP contribution is -2.45. The molecule has 1 amide bonds. The molecule has 0 aliphatic rings. The van der Waals surface area contributed by atoms with Crippen molar-refractivity contribution in [2.24, 2.45) is 0 Å². The first-order valence-electron chi connectivity index (χ1n) is 26.8. The number of amides is 1. The molecule has 3 N–H and O–H groups in total. The third kappa shape index (κ3) is 46.2. The van der Waals surface area contributed by atoms with Crippen LogP contribution in [0.5, 0.6) is 0 Å². The molecular weight excluding hydrogens is 731 g/mol. The molecule has 59 heavy (non-hydrogen) atoms. The van der Waals surface area contributed by atoms with Gasteiger partial charge in [0.1, 0.15) is 0 Å². The maximum atomic E-state index is 12.4. The molecule has 0 aliphatic carbocycles. The van der Waals surface area contributed by atoms with Gasteiger partial charge in [0, 0.05) is 12.8 Å². The van der Waals surface area contributed by atoms with Crippen LogP contribution in [0.25, 0.3) is 0 Å². The van der Waals surface area contributed by atoms with Gasteiger partial charge in [-0.3, -0.25) is 9.59 Å². The van der Waals surface area contributed by atoms with Crippen LogP contribution in [0.4, 0.5) is 0 Å². The molecule has 6 heteroatoms. The summed E-state index contributed by atoms with van der Waals surface area (Å²) in [5, 5.41) is 23.1. The molecule has 0 aromatic heterocycles. The summed E-state index contributed by atoms with van der Waals surface area (Å²) in [5.41, 5.74) is 0. The number of carbonyl (C=O) groups excluding carboxylic acids is 2. The number of aliphatic hydroxyl groups is 2. The third-order valence-corrected chi connectivity index (χ3v) is 12.7. The number of aliphatic hydroxyl groups excluding tert-OH is 2. The fourth-order valence-electron chi connectivity index (χ4n) is 8.52. The Balaban J connectivity index is 3.36. The van der Waals surface area contributed by atoms with Crippen molar-refractivity contribution < 1.29 is 24.5 Å². The molecule has 0 rings (SSSR count). The van der Waals surface area contributed by atoms with Gasteiger partial charge in [-0.15, -0.1) is 0 Å². The highest BCUT2D eigenvalue weighted by atomic mass is 16.5. The van der Waals surface area contributed by atoms with Crippen LogP contribution in [-0.2, 0) is 14.3 Å². The molecule has 2 atom stereocenters. The van der Waals surface area contributed by atoms with E-state index >= 15 is 0 Å². The quantitative estimate of drug-likeness (QED) is 0.0419. The topological polar surface area (TPSA) is 95.9 Å². The van der Waals surface area contributed by atoms with E-state index in [0.717, 1.165) is 38.5 Å². The summed E-state index contributed by atoms with van der Waals surface area (Å²) >= 11 is 0. The zero-order valence-corrected chi connectivity index (χ0v) is 40.0. The van der Waals surface area contributed by atoms with Crippen LogP contribution in [0, 0.1) is 0 Å². The average molecular weight is 836 g/mol. The molecule has 0 heterocycles. The predicted molar refractivity (Wildman–Crippen MR) is 255 cm³/mol. The van der Waals surface area contributed by atoms with Gasteiger partial charge >= 0.3 is 5.97 Å². The largest absolute Gasteiger partial charge is 0.466 e. The van der Waals surface area contributed by atoms with Crippen molar-refractivity contribution in [2.75, 3.05) is 13.2 Å². The van der Waals surface area contributed by atoms with Gasteiger partial charge in [0.15, 0.2) is 0 Å². The van der Waals surface area contributed by atoms with Gasteiger partial charge in [-0.25, -0.2) is 0 Å². The summed E-state index contributed by atoms with van der Waals surface area (Å²) in [5.74, 6) is -0.0294. The molecule has 0 aliphatic heterocycles. The van der Waals surface area contributed by atoms with E-state index < -0.39 is 12.1 Å². The maximum absolute atomic E-state index is 12.4. The first-order chi connectivity index (χ1) is 29.0. The van der Waals surface area contributed by atoms with Crippen LogP contribution in [0.15, 0.2) is 0 Å². The molecular formula is C53H105NO5. The minimum atomic E-state index is -0.663. The Hall–Kier alpha value is -1.14. The lowest BCUT2D eigenvalue weighted by Gasteiger charge is -2.22. The second kappa shape index (κ2) is 49.5. The molecule has 0 aromatic carbocycles. The fraction of sp³-hybridized carbons (Fsp3) is 0.962. The minimum Gasteiger partial charge on any atom is -0.466 e. The van der Waals surface area contributed by atoms with Gasteiger partial charge in [0.05, 0.1) is 25.4 Å². The second-order valence-corrected chi connectivity index (χ2v) is 18.6. The van der Waals surface area contributed by atoms with Crippen molar-refractivity contribution in [1.82, 2.24) is 5.32 Å². The standard InChI is InChI=1S/C53H105NO5/c1-3-5-7-9-11-13-15-16-24-27-31-35-39-43-47-53(58)59-48-44-40-36-32-28-25-22-20-18-17-19-21-23-26-30-34-38-42-46-52(57)54-50(49-55)51(56)45-41-37-33-29-14-12-10-8-6-4-2/h50-51,55-56H,3-49H2,1-2H3,(H,54,57). The van der Waals surface area contributed by atoms with E-state index in [1.54, 1.807) is 0 Å². The Bertz CT molecular complexity index is 837. The van der Waals surface area contributed by atoms with Crippen molar-refractivity contribution in [3.05, 3.63) is 0 Å². The second-order valence-electron chi connectivity index (χ2n) is 18.6. The molecule has 352 valence electrons. The number of rotatable bonds is 50. The zero-order valence-electron chi connectivity index (χ0n) is 40.0. The number of hydrogen-bond acceptors (Lipinski definition) is 5. The van der Waals surface area contributed by atoms with E-state index in [1.165, 1.54) is 231 Å². The smallest absolute Gasteiger partial charge is 0.305 e. The van der Waals surface area contributed by atoms with E-state index in [1.807, 2.05) is 0 Å². The zero-order chi connectivity index (χ0) is 43.0. The van der Waals surface area contributed by atoms with Crippen LogP contribution in [0.3, 0.4) is 0 Å². The van der Waals surface area contributed by atoms with Crippen molar-refractivity contribution in [3.63, 3.8) is 0 Å². The molecule has 0 radical (unpaired) electrons. The Kier molecular flexibility index (Phi) is 48.6. The van der Waals surface area contributed by atoms with Gasteiger partial charge in [0.2, 0.25) is 5.91 Å². The van der Waals surface area contributed by atoms with Gasteiger partial charge in [-0.2, -0.15) is 0 Å². The Morgan fingerprint density at radius 1 is 0.407 bits per heavy atom. The third-order valence-electron chi connectivity index (χ3n) is 12.7. The van der Waals surface area contributed by atoms with E-state index in [4.69, 9.17) is 4.74 Å². The molecule has 0 spiro atoms. The lowest BCUT2D eigenvalue weighted by atomic mass is 10.0. The number of esters is 1. The highest BCUT2D eigenvalue weighted by Gasteiger charge is 2.20. The lowest BCUT2D eigenvalue weighted by molar-refractivity contribution is -0.143. The Morgan fingerprint density at radius 2 is 0.695 bits per heavy atom. The molecule has 0 fully saturated rings. The molecule has 2 unspecified atom stereocenters. The molecule has 0 bridgehead atoms. The number of carbonyl (C=O) groups is 2. The number of nitrogens with one attached hydrogen (secondary N) is 1. The predicted octanol–water partition coefficient (Wildman–Crippen LogP) is 16.0. The van der Waals surface area contributed by atoms with E-state index in [0.29, 0.717) is 25.9 Å². The molecule has 6 nitrogen and oxygen atoms in total. The summed E-state index contributed by atoms with van der Waals surface area (Å²) in [4.78, 5) is 24.4. The van der Waals surface area contributed by atoms with Crippen molar-refractivity contribution in [1.29, 1.82) is 0 Å². The van der Waals surface area contributed by atoms with Crippen LogP contribution < -0.4 is 5.32 Å². The van der Waals surface area contributed by atoms with E-state index in [9.17, 15) is 19.8 Å². The molecule has 0 saturated carbocycles. The first-order valence-corrected chi connectivity index (χ1v) is 26.8. The summed E-state index contributed by atoms with van der Waals surface area (Å²) in [6.45, 7) is 4.94. The average Bonchev–Trinajstić information content (AvgIpc) is 3.24. The highest BCUT2D eigenvalue weighted by molar-refractivity contribution is 5.76. The summed E-state index contributed by atoms with van der Waals surface area (Å²) in [6, 6.07) is -0.541. The van der Waals surface area contributed by atoms with Gasteiger partial charge in [0.25, 0.3) is 0 Å². The molecule has 0 aromatic rings.